The zero-order chi connectivity index (χ0) is 26.2. The van der Waals surface area contributed by atoms with Crippen molar-refractivity contribution in [1.82, 2.24) is 19.9 Å². The van der Waals surface area contributed by atoms with Crippen LogP contribution in [0.25, 0.3) is 22.2 Å². The Morgan fingerprint density at radius 3 is 2.57 bits per heavy atom. The van der Waals surface area contributed by atoms with Crippen LogP contribution in [-0.4, -0.2) is 66.2 Å². The number of rotatable bonds is 7. The summed E-state index contributed by atoms with van der Waals surface area (Å²) in [5.41, 5.74) is 1.66. The normalized spacial score (nSPS) is 21.7. The third kappa shape index (κ3) is 5.17. The van der Waals surface area contributed by atoms with Crippen LogP contribution in [0, 0.1) is 5.92 Å². The lowest BCUT2D eigenvalue weighted by atomic mass is 9.88. The Balaban J connectivity index is 1.52. The first-order chi connectivity index (χ1) is 17.7. The number of hydrogen-bond donors (Lipinski definition) is 5. The summed E-state index contributed by atoms with van der Waals surface area (Å²) in [5, 5.41) is 39.4. The summed E-state index contributed by atoms with van der Waals surface area (Å²) >= 11 is 0. The molecule has 0 bridgehead atoms. The molecule has 10 nitrogen and oxygen atoms in total. The molecule has 1 aromatic carbocycles. The number of benzene rings is 1. The molecule has 5 rings (SSSR count). The first-order valence-corrected chi connectivity index (χ1v) is 12.1. The van der Waals surface area contributed by atoms with Gasteiger partial charge in [-0.05, 0) is 38.5 Å². The summed E-state index contributed by atoms with van der Waals surface area (Å²) in [6.45, 7) is 3.27. The van der Waals surface area contributed by atoms with Gasteiger partial charge in [-0.25, -0.2) is 15.0 Å². The van der Waals surface area contributed by atoms with Gasteiger partial charge in [-0.2, -0.15) is 4.98 Å². The van der Waals surface area contributed by atoms with Crippen LogP contribution < -0.4 is 15.4 Å². The van der Waals surface area contributed by atoms with Gasteiger partial charge in [0.2, 0.25) is 11.8 Å². The van der Waals surface area contributed by atoms with Crippen LogP contribution in [-0.2, 0) is 0 Å². The molecule has 0 amide bonds. The zero-order valence-corrected chi connectivity index (χ0v) is 20.8. The molecule has 0 saturated heterocycles. The lowest BCUT2D eigenvalue weighted by molar-refractivity contribution is -0.0601. The summed E-state index contributed by atoms with van der Waals surface area (Å²) in [5.74, 6) is 0.688. The quantitative estimate of drug-likeness (QED) is 0.255. The molecule has 1 aliphatic rings. The molecule has 1 saturated carbocycles. The number of methoxy groups -OCH3 is 1. The molecule has 0 spiro atoms. The van der Waals surface area contributed by atoms with E-state index in [1.165, 1.54) is 7.11 Å². The molecular weight excluding hydrogens is 472 g/mol. The fraction of sp³-hybridized carbons (Fsp3) is 0.333. The fourth-order valence-corrected chi connectivity index (χ4v) is 4.74. The molecule has 1 fully saturated rings. The number of aliphatic hydroxyl groups excluding tert-OH is 2. The predicted molar refractivity (Wildman–Crippen MR) is 141 cm³/mol. The highest BCUT2D eigenvalue weighted by Crippen LogP contribution is 2.37. The lowest BCUT2D eigenvalue weighted by Gasteiger charge is -2.28. The van der Waals surface area contributed by atoms with Crippen LogP contribution in [0.5, 0.6) is 5.88 Å². The Morgan fingerprint density at radius 2 is 1.81 bits per heavy atom. The summed E-state index contributed by atoms with van der Waals surface area (Å²) in [7, 11) is 1.54. The van der Waals surface area contributed by atoms with Gasteiger partial charge in [0.25, 0.3) is 0 Å². The van der Waals surface area contributed by atoms with E-state index in [1.807, 2.05) is 36.4 Å². The molecule has 4 aromatic rings. The molecular formula is C27H30N6O4. The Morgan fingerprint density at radius 1 is 1.00 bits per heavy atom. The Hall–Kier alpha value is -3.86. The molecule has 37 heavy (non-hydrogen) atoms. The largest absolute Gasteiger partial charge is 0.481 e. The summed E-state index contributed by atoms with van der Waals surface area (Å²) in [6, 6.07) is 14.6. The van der Waals surface area contributed by atoms with Crippen molar-refractivity contribution < 1.29 is 20.1 Å². The third-order valence-corrected chi connectivity index (χ3v) is 6.78. The van der Waals surface area contributed by atoms with E-state index >= 15 is 0 Å². The van der Waals surface area contributed by atoms with E-state index in [0.29, 0.717) is 41.0 Å². The van der Waals surface area contributed by atoms with Crippen molar-refractivity contribution in [3.8, 4) is 17.1 Å². The highest BCUT2D eigenvalue weighted by atomic mass is 16.5. The smallest absolute Gasteiger partial charge is 0.229 e. The maximum absolute atomic E-state index is 10.8. The molecule has 1 aliphatic carbocycles. The fourth-order valence-electron chi connectivity index (χ4n) is 4.74. The number of aliphatic hydroxyl groups is 3. The lowest BCUT2D eigenvalue weighted by Crippen LogP contribution is -2.40. The highest BCUT2D eigenvalue weighted by Gasteiger charge is 2.47. The Labute approximate surface area is 214 Å². The van der Waals surface area contributed by atoms with Crippen LogP contribution in [0.2, 0.25) is 0 Å². The molecule has 0 radical (unpaired) electrons. The summed E-state index contributed by atoms with van der Waals surface area (Å²) in [6.07, 6.45) is 1.46. The molecule has 0 aliphatic heterocycles. The van der Waals surface area contributed by atoms with Crippen molar-refractivity contribution in [2.45, 2.75) is 44.1 Å². The number of aromatic nitrogens is 4. The Bertz CT molecular complexity index is 1410. The molecule has 5 N–H and O–H groups in total. The number of nitrogens with zero attached hydrogens (tertiary/aromatic N) is 4. The van der Waals surface area contributed by atoms with Crippen LogP contribution in [0.1, 0.15) is 20.3 Å². The maximum atomic E-state index is 10.8. The second kappa shape index (κ2) is 9.89. The second-order valence-corrected chi connectivity index (χ2v) is 9.78. The number of nitrogens with one attached hydrogen (secondary N) is 2. The molecule has 192 valence electrons. The second-order valence-electron chi connectivity index (χ2n) is 9.78. The van der Waals surface area contributed by atoms with Gasteiger partial charge in [0.15, 0.2) is 0 Å². The number of anilines is 3. The van der Waals surface area contributed by atoms with Gasteiger partial charge in [0, 0.05) is 35.5 Å². The van der Waals surface area contributed by atoms with E-state index in [9.17, 15) is 15.3 Å². The number of fused-ring (bicyclic) bond motifs is 1. The molecule has 3 aromatic heterocycles. The average Bonchev–Trinajstić information content (AvgIpc) is 3.17. The van der Waals surface area contributed by atoms with E-state index in [2.05, 4.69) is 20.6 Å². The maximum Gasteiger partial charge on any atom is 0.229 e. The highest BCUT2D eigenvalue weighted by molar-refractivity contribution is 5.83. The van der Waals surface area contributed by atoms with Crippen molar-refractivity contribution >= 4 is 28.4 Å². The van der Waals surface area contributed by atoms with Gasteiger partial charge in [0.05, 0.1) is 41.6 Å². The van der Waals surface area contributed by atoms with Crippen molar-refractivity contribution in [2.75, 3.05) is 17.7 Å². The first kappa shape index (κ1) is 24.8. The molecule has 10 heteroatoms. The minimum Gasteiger partial charge on any atom is -0.481 e. The van der Waals surface area contributed by atoms with Crippen LogP contribution in [0.15, 0.2) is 60.9 Å². The minimum absolute atomic E-state index is 0.312. The van der Waals surface area contributed by atoms with Gasteiger partial charge < -0.3 is 30.7 Å². The monoisotopic (exact) mass is 502 g/mol. The van der Waals surface area contributed by atoms with Crippen LogP contribution in [0.3, 0.4) is 0 Å². The minimum atomic E-state index is -1.15. The van der Waals surface area contributed by atoms with E-state index in [4.69, 9.17) is 14.7 Å². The average molecular weight is 503 g/mol. The van der Waals surface area contributed by atoms with E-state index in [0.717, 1.165) is 10.9 Å². The van der Waals surface area contributed by atoms with Gasteiger partial charge >= 0.3 is 0 Å². The topological polar surface area (TPSA) is 146 Å². The predicted octanol–water partition coefficient (Wildman–Crippen LogP) is 3.13. The standard InChI is InChI=1S/C27H30N6O4/c1-27(2,36)18-13-21(24(35)23(18)34)32-25-17(20-9-8-15-6-4-5-7-19(15)31-20)14-29-26(33-25)30-16-10-11-28-22(12-16)37-3/h4-12,14,18,21,23-24,34-36H,13H2,1-3H3,(H2,28,29,30,32,33)/t18-,21+,23+,24-/m0/s1. The summed E-state index contributed by atoms with van der Waals surface area (Å²) in [4.78, 5) is 18.1. The number of hydrogen-bond acceptors (Lipinski definition) is 10. The van der Waals surface area contributed by atoms with Gasteiger partial charge in [-0.3, -0.25) is 0 Å². The van der Waals surface area contributed by atoms with Crippen molar-refractivity contribution in [3.05, 3.63) is 60.9 Å². The third-order valence-electron chi connectivity index (χ3n) is 6.78. The van der Waals surface area contributed by atoms with Crippen LogP contribution in [0.4, 0.5) is 17.5 Å². The van der Waals surface area contributed by atoms with Gasteiger partial charge in [0.1, 0.15) is 11.9 Å². The first-order valence-electron chi connectivity index (χ1n) is 12.1. The number of pyridine rings is 2. The van der Waals surface area contributed by atoms with Gasteiger partial charge in [-0.15, -0.1) is 0 Å². The van der Waals surface area contributed by atoms with E-state index in [1.54, 1.807) is 38.4 Å². The molecule has 0 unspecified atom stereocenters. The van der Waals surface area contributed by atoms with Crippen molar-refractivity contribution in [2.24, 2.45) is 5.92 Å². The molecule has 4 atom stereocenters. The van der Waals surface area contributed by atoms with Gasteiger partial charge in [-0.1, -0.05) is 24.3 Å². The molecule has 3 heterocycles. The Kier molecular flexibility index (Phi) is 6.63. The zero-order valence-electron chi connectivity index (χ0n) is 20.8. The number of ether oxygens (including phenoxy) is 1. The van der Waals surface area contributed by atoms with Crippen molar-refractivity contribution in [1.29, 1.82) is 0 Å². The van der Waals surface area contributed by atoms with E-state index in [-0.39, 0.29) is 0 Å². The van der Waals surface area contributed by atoms with Crippen LogP contribution >= 0.6 is 0 Å². The summed E-state index contributed by atoms with van der Waals surface area (Å²) < 4.78 is 5.19. The van der Waals surface area contributed by atoms with E-state index < -0.39 is 29.8 Å². The number of para-hydroxylation sites is 1. The SMILES string of the molecule is COc1cc(Nc2ncc(-c3ccc4ccccc4n3)c(N[C@@H]3C[C@H](C(C)(C)O)[C@@H](O)[C@H]3O)n2)ccn1. The van der Waals surface area contributed by atoms with Crippen molar-refractivity contribution in [3.63, 3.8) is 0 Å².